The highest BCUT2D eigenvalue weighted by Gasteiger charge is 2.15. The first-order valence-corrected chi connectivity index (χ1v) is 11.8. The van der Waals surface area contributed by atoms with Crippen LogP contribution in [-0.4, -0.2) is 45.5 Å². The van der Waals surface area contributed by atoms with E-state index < -0.39 is 0 Å². The van der Waals surface area contributed by atoms with Crippen LogP contribution in [0.4, 0.5) is 0 Å². The largest absolute Gasteiger partial charge is 0.497 e. The summed E-state index contributed by atoms with van der Waals surface area (Å²) in [6.07, 6.45) is 1.83. The third-order valence-corrected chi connectivity index (χ3v) is 6.50. The lowest BCUT2D eigenvalue weighted by Gasteiger charge is -2.10. The van der Waals surface area contributed by atoms with E-state index in [-0.39, 0.29) is 0 Å². The Morgan fingerprint density at radius 1 is 0.730 bits per heavy atom. The van der Waals surface area contributed by atoms with Crippen LogP contribution < -0.4 is 14.2 Å². The molecule has 3 aromatic carbocycles. The second kappa shape index (κ2) is 8.98. The van der Waals surface area contributed by atoms with Gasteiger partial charge in [-0.05, 0) is 61.5 Å². The molecular weight excluding hydrogens is 466 g/mol. The molecule has 6 rings (SSSR count). The number of fused-ring (bicyclic) bond motifs is 2. The summed E-state index contributed by atoms with van der Waals surface area (Å²) in [5.41, 5.74) is 8.32. The van der Waals surface area contributed by atoms with E-state index in [4.69, 9.17) is 24.3 Å². The maximum absolute atomic E-state index is 5.48. The number of hydrogen-bond acceptors (Lipinski definition) is 6. The lowest BCUT2D eigenvalue weighted by molar-refractivity contribution is 0.355. The predicted molar refractivity (Wildman–Crippen MR) is 143 cm³/mol. The Morgan fingerprint density at radius 3 is 2.27 bits per heavy atom. The van der Waals surface area contributed by atoms with Gasteiger partial charge < -0.3 is 14.2 Å². The fourth-order valence-electron chi connectivity index (χ4n) is 4.63. The average molecular weight is 492 g/mol. The van der Waals surface area contributed by atoms with Crippen LogP contribution in [0.2, 0.25) is 0 Å². The molecule has 8 nitrogen and oxygen atoms in total. The molecule has 0 saturated carbocycles. The molecule has 184 valence electrons. The molecule has 0 aliphatic rings. The van der Waals surface area contributed by atoms with Gasteiger partial charge in [-0.25, -0.2) is 14.5 Å². The van der Waals surface area contributed by atoms with E-state index in [0.717, 1.165) is 56.3 Å². The molecule has 0 aliphatic carbocycles. The number of methoxy groups -OCH3 is 3. The van der Waals surface area contributed by atoms with Gasteiger partial charge in [0.15, 0.2) is 17.1 Å². The van der Waals surface area contributed by atoms with Gasteiger partial charge in [-0.1, -0.05) is 12.1 Å². The van der Waals surface area contributed by atoms with Gasteiger partial charge in [0.25, 0.3) is 0 Å². The van der Waals surface area contributed by atoms with Crippen molar-refractivity contribution in [2.45, 2.75) is 6.92 Å². The van der Waals surface area contributed by atoms with Crippen LogP contribution >= 0.6 is 0 Å². The van der Waals surface area contributed by atoms with E-state index in [1.807, 2.05) is 66.3 Å². The first-order valence-electron chi connectivity index (χ1n) is 11.8. The Hall–Kier alpha value is -4.85. The second-order valence-corrected chi connectivity index (χ2v) is 8.62. The molecule has 37 heavy (non-hydrogen) atoms. The van der Waals surface area contributed by atoms with E-state index in [0.29, 0.717) is 11.5 Å². The van der Waals surface area contributed by atoms with Crippen LogP contribution in [0.3, 0.4) is 0 Å². The molecule has 0 N–H and O–H groups in total. The van der Waals surface area contributed by atoms with Gasteiger partial charge in [-0.15, -0.1) is 0 Å². The van der Waals surface area contributed by atoms with Crippen molar-refractivity contribution in [3.63, 3.8) is 0 Å². The smallest absolute Gasteiger partial charge is 0.161 e. The van der Waals surface area contributed by atoms with Crippen LogP contribution in [0.15, 0.2) is 79.1 Å². The topological polar surface area (TPSA) is 75.7 Å². The summed E-state index contributed by atoms with van der Waals surface area (Å²) >= 11 is 0. The van der Waals surface area contributed by atoms with Gasteiger partial charge in [0.1, 0.15) is 12.1 Å². The second-order valence-electron chi connectivity index (χ2n) is 8.62. The van der Waals surface area contributed by atoms with Crippen molar-refractivity contribution in [3.8, 4) is 45.5 Å². The minimum atomic E-state index is 0.657. The van der Waals surface area contributed by atoms with Gasteiger partial charge in [0.05, 0.1) is 49.4 Å². The highest BCUT2D eigenvalue weighted by atomic mass is 16.5. The Kier molecular flexibility index (Phi) is 5.49. The third-order valence-electron chi connectivity index (χ3n) is 6.50. The zero-order valence-electron chi connectivity index (χ0n) is 21.0. The van der Waals surface area contributed by atoms with Gasteiger partial charge in [0.2, 0.25) is 0 Å². The summed E-state index contributed by atoms with van der Waals surface area (Å²) in [7, 11) is 4.91. The fourth-order valence-corrected chi connectivity index (χ4v) is 4.63. The number of ether oxygens (including phenoxy) is 3. The zero-order valence-corrected chi connectivity index (χ0v) is 21.0. The van der Waals surface area contributed by atoms with Crippen LogP contribution in [-0.2, 0) is 0 Å². The van der Waals surface area contributed by atoms with Crippen LogP contribution in [0.25, 0.3) is 44.9 Å². The number of hydrogen-bond donors (Lipinski definition) is 0. The maximum Gasteiger partial charge on any atom is 0.161 e. The number of aromatic nitrogens is 5. The highest BCUT2D eigenvalue weighted by molar-refractivity contribution is 5.79. The van der Waals surface area contributed by atoms with Crippen molar-refractivity contribution in [1.82, 2.24) is 24.1 Å². The van der Waals surface area contributed by atoms with E-state index in [2.05, 4.69) is 33.8 Å². The summed E-state index contributed by atoms with van der Waals surface area (Å²) in [4.78, 5) is 9.28. The lowest BCUT2D eigenvalue weighted by Crippen LogP contribution is -1.98. The number of benzene rings is 3. The number of rotatable bonds is 6. The Balaban J connectivity index is 1.40. The van der Waals surface area contributed by atoms with Gasteiger partial charge in [-0.3, -0.25) is 4.57 Å². The number of imidazole rings is 2. The Bertz CT molecular complexity index is 1750. The number of aryl methyl sites for hydroxylation is 1. The first kappa shape index (κ1) is 22.6. The van der Waals surface area contributed by atoms with Gasteiger partial charge in [-0.2, -0.15) is 5.10 Å². The van der Waals surface area contributed by atoms with Crippen molar-refractivity contribution < 1.29 is 14.2 Å². The molecule has 0 fully saturated rings. The molecule has 6 aromatic rings. The van der Waals surface area contributed by atoms with E-state index in [1.54, 1.807) is 21.3 Å². The van der Waals surface area contributed by atoms with Crippen LogP contribution in [0.1, 0.15) is 5.69 Å². The summed E-state index contributed by atoms with van der Waals surface area (Å²) in [5, 5.41) is 4.93. The van der Waals surface area contributed by atoms with Crippen molar-refractivity contribution in [2.75, 3.05) is 21.3 Å². The minimum Gasteiger partial charge on any atom is -0.497 e. The molecule has 0 unspecified atom stereocenters. The summed E-state index contributed by atoms with van der Waals surface area (Å²) in [6.45, 7) is 2.00. The summed E-state index contributed by atoms with van der Waals surface area (Å²) < 4.78 is 20.1. The zero-order chi connectivity index (χ0) is 25.5. The molecule has 3 aromatic heterocycles. The molecule has 0 spiro atoms. The third kappa shape index (κ3) is 3.83. The molecule has 0 amide bonds. The quantitative estimate of drug-likeness (QED) is 0.296. The fraction of sp³-hybridized carbons (Fsp3) is 0.138. The Labute approximate surface area is 213 Å². The average Bonchev–Trinajstić information content (AvgIpc) is 3.51. The SMILES string of the molecule is COc1ccc2c(c1)ncn2-c1ccc(-c2c(C)nc3ccc(-c4ccc(OC)c(OC)c4)nn23)cc1. The van der Waals surface area contributed by atoms with Crippen molar-refractivity contribution in [1.29, 1.82) is 0 Å². The van der Waals surface area contributed by atoms with Gasteiger partial charge in [0, 0.05) is 22.9 Å². The molecule has 0 bridgehead atoms. The predicted octanol–water partition coefficient (Wildman–Crippen LogP) is 5.74. The normalized spacial score (nSPS) is 11.2. The van der Waals surface area contributed by atoms with Gasteiger partial charge >= 0.3 is 0 Å². The van der Waals surface area contributed by atoms with Crippen molar-refractivity contribution in [2.24, 2.45) is 0 Å². The lowest BCUT2D eigenvalue weighted by atomic mass is 10.1. The molecule has 8 heteroatoms. The van der Waals surface area contributed by atoms with Crippen molar-refractivity contribution in [3.05, 3.63) is 84.8 Å². The van der Waals surface area contributed by atoms with E-state index in [1.165, 1.54) is 0 Å². The molecule has 0 radical (unpaired) electrons. The molecule has 3 heterocycles. The van der Waals surface area contributed by atoms with Crippen LogP contribution in [0, 0.1) is 6.92 Å². The number of nitrogens with zero attached hydrogens (tertiary/aromatic N) is 5. The van der Waals surface area contributed by atoms with Crippen molar-refractivity contribution >= 4 is 16.7 Å². The molecule has 0 atom stereocenters. The van der Waals surface area contributed by atoms with Crippen LogP contribution in [0.5, 0.6) is 17.2 Å². The Morgan fingerprint density at radius 2 is 1.51 bits per heavy atom. The van der Waals surface area contributed by atoms with E-state index >= 15 is 0 Å². The first-order chi connectivity index (χ1) is 18.1. The molecule has 0 aliphatic heterocycles. The standard InChI is InChI=1S/C29H25N5O3/c1-18-29(19-5-8-21(9-6-19)33-17-30-24-16-22(35-2)10-12-25(24)33)34-28(31-18)14-11-23(32-34)20-7-13-26(36-3)27(15-20)37-4/h5-17H,1-4H3. The molecular formula is C29H25N5O3. The van der Waals surface area contributed by atoms with E-state index in [9.17, 15) is 0 Å². The molecule has 0 saturated heterocycles. The monoisotopic (exact) mass is 491 g/mol. The summed E-state index contributed by atoms with van der Waals surface area (Å²) in [5.74, 6) is 2.12. The summed E-state index contributed by atoms with van der Waals surface area (Å²) in [6, 6.07) is 24.0. The highest BCUT2D eigenvalue weighted by Crippen LogP contribution is 2.33. The maximum atomic E-state index is 5.48. The minimum absolute atomic E-state index is 0.657.